The Bertz CT molecular complexity index is 595. The second-order valence-electron chi connectivity index (χ2n) is 5.22. The average molecular weight is 349 g/mol. The maximum absolute atomic E-state index is 13.3. The molecule has 0 N–H and O–H groups in total. The van der Waals surface area contributed by atoms with Crippen LogP contribution in [-0.2, 0) is 5.33 Å². The summed E-state index contributed by atoms with van der Waals surface area (Å²) in [5.41, 5.74) is 3.43. The molecule has 2 nitrogen and oxygen atoms in total. The van der Waals surface area contributed by atoms with E-state index in [1.54, 1.807) is 12.1 Å². The molecule has 1 fully saturated rings. The lowest BCUT2D eigenvalue weighted by Gasteiger charge is -2.38. The molecule has 3 rings (SSSR count). The lowest BCUT2D eigenvalue weighted by atomic mass is 10.1. The summed E-state index contributed by atoms with van der Waals surface area (Å²) in [5, 5.41) is 0.680. The normalized spacial score (nSPS) is 15.3. The topological polar surface area (TPSA) is 6.48 Å². The third-order valence-corrected chi connectivity index (χ3v) is 4.53. The Hall–Kier alpha value is -1.55. The van der Waals surface area contributed by atoms with Gasteiger partial charge >= 0.3 is 0 Å². The molecule has 2 aromatic carbocycles. The van der Waals surface area contributed by atoms with Crippen LogP contribution in [0.15, 0.2) is 48.5 Å². The number of nitrogens with zero attached hydrogens (tertiary/aromatic N) is 2. The Morgan fingerprint density at radius 3 is 2.24 bits per heavy atom. The largest absolute Gasteiger partial charge is 0.368 e. The van der Waals surface area contributed by atoms with Crippen LogP contribution in [0.25, 0.3) is 0 Å². The Morgan fingerprint density at radius 2 is 1.57 bits per heavy atom. The van der Waals surface area contributed by atoms with Gasteiger partial charge in [0.25, 0.3) is 0 Å². The van der Waals surface area contributed by atoms with E-state index >= 15 is 0 Å². The first-order valence-corrected chi connectivity index (χ1v) is 8.29. The molecule has 0 bridgehead atoms. The van der Waals surface area contributed by atoms with Gasteiger partial charge in [-0.2, -0.15) is 0 Å². The maximum atomic E-state index is 13.3. The van der Waals surface area contributed by atoms with Crippen LogP contribution in [0, 0.1) is 5.82 Å². The van der Waals surface area contributed by atoms with Crippen molar-refractivity contribution in [2.24, 2.45) is 0 Å². The lowest BCUT2D eigenvalue weighted by Crippen LogP contribution is -2.46. The Kier molecular flexibility index (Phi) is 4.44. The first-order chi connectivity index (χ1) is 10.3. The molecule has 1 heterocycles. The standard InChI is InChI=1S/C17H18BrFN2/c18-13-14-12-15(19)6-7-17(14)21-10-8-20(9-11-21)16-4-2-1-3-5-16/h1-7,12H,8-11,13H2. The summed E-state index contributed by atoms with van der Waals surface area (Å²) in [7, 11) is 0. The third-order valence-electron chi connectivity index (χ3n) is 3.93. The van der Waals surface area contributed by atoms with E-state index in [2.05, 4.69) is 50.0 Å². The van der Waals surface area contributed by atoms with Gasteiger partial charge in [-0.1, -0.05) is 34.1 Å². The van der Waals surface area contributed by atoms with Gasteiger partial charge in [-0.05, 0) is 35.9 Å². The fraction of sp³-hybridized carbons (Fsp3) is 0.294. The van der Waals surface area contributed by atoms with Crippen molar-refractivity contribution in [3.05, 3.63) is 59.9 Å². The highest BCUT2D eigenvalue weighted by molar-refractivity contribution is 9.08. The van der Waals surface area contributed by atoms with Crippen molar-refractivity contribution in [1.82, 2.24) is 0 Å². The molecule has 1 aliphatic rings. The molecule has 4 heteroatoms. The third kappa shape index (κ3) is 3.21. The SMILES string of the molecule is Fc1ccc(N2CCN(c3ccccc3)CC2)c(CBr)c1. The molecule has 0 amide bonds. The zero-order valence-electron chi connectivity index (χ0n) is 11.8. The number of alkyl halides is 1. The summed E-state index contributed by atoms with van der Waals surface area (Å²) in [6.45, 7) is 3.90. The first-order valence-electron chi connectivity index (χ1n) is 7.17. The number of anilines is 2. The van der Waals surface area contributed by atoms with Crippen molar-refractivity contribution in [2.75, 3.05) is 36.0 Å². The van der Waals surface area contributed by atoms with Crippen LogP contribution in [0.3, 0.4) is 0 Å². The molecule has 0 atom stereocenters. The van der Waals surface area contributed by atoms with E-state index in [0.717, 1.165) is 37.4 Å². The Labute approximate surface area is 133 Å². The number of benzene rings is 2. The molecule has 0 saturated carbocycles. The van der Waals surface area contributed by atoms with Gasteiger partial charge in [-0.3, -0.25) is 0 Å². The Balaban J connectivity index is 1.71. The Morgan fingerprint density at radius 1 is 0.905 bits per heavy atom. The summed E-state index contributed by atoms with van der Waals surface area (Å²) in [4.78, 5) is 4.74. The maximum Gasteiger partial charge on any atom is 0.123 e. The van der Waals surface area contributed by atoms with Gasteiger partial charge in [0.2, 0.25) is 0 Å². The van der Waals surface area contributed by atoms with Crippen molar-refractivity contribution < 1.29 is 4.39 Å². The van der Waals surface area contributed by atoms with E-state index in [9.17, 15) is 4.39 Å². The molecule has 0 unspecified atom stereocenters. The molecule has 2 aromatic rings. The van der Waals surface area contributed by atoms with Gasteiger partial charge in [0.05, 0.1) is 0 Å². The quantitative estimate of drug-likeness (QED) is 0.772. The summed E-state index contributed by atoms with van der Waals surface area (Å²) >= 11 is 3.45. The molecular formula is C17H18BrFN2. The van der Waals surface area contributed by atoms with Crippen LogP contribution in [0.5, 0.6) is 0 Å². The predicted molar refractivity (Wildman–Crippen MR) is 89.9 cm³/mol. The number of hydrogen-bond donors (Lipinski definition) is 0. The van der Waals surface area contributed by atoms with E-state index in [4.69, 9.17) is 0 Å². The molecule has 110 valence electrons. The van der Waals surface area contributed by atoms with Crippen LogP contribution in [0.2, 0.25) is 0 Å². The first kappa shape index (κ1) is 14.4. The molecule has 21 heavy (non-hydrogen) atoms. The van der Waals surface area contributed by atoms with Crippen molar-refractivity contribution in [3.63, 3.8) is 0 Å². The highest BCUT2D eigenvalue weighted by Crippen LogP contribution is 2.26. The van der Waals surface area contributed by atoms with Crippen LogP contribution in [-0.4, -0.2) is 26.2 Å². The fourth-order valence-corrected chi connectivity index (χ4v) is 3.26. The number of piperazine rings is 1. The molecule has 0 aliphatic carbocycles. The van der Waals surface area contributed by atoms with Crippen molar-refractivity contribution >= 4 is 27.3 Å². The van der Waals surface area contributed by atoms with Crippen LogP contribution in [0.1, 0.15) is 5.56 Å². The minimum Gasteiger partial charge on any atom is -0.368 e. The molecule has 1 saturated heterocycles. The average Bonchev–Trinajstić information content (AvgIpc) is 2.56. The predicted octanol–water partition coefficient (Wildman–Crippen LogP) is 4.05. The highest BCUT2D eigenvalue weighted by atomic mass is 79.9. The highest BCUT2D eigenvalue weighted by Gasteiger charge is 2.19. The zero-order chi connectivity index (χ0) is 14.7. The van der Waals surface area contributed by atoms with Crippen LogP contribution >= 0.6 is 15.9 Å². The number of hydrogen-bond acceptors (Lipinski definition) is 2. The summed E-state index contributed by atoms with van der Waals surface area (Å²) < 4.78 is 13.3. The van der Waals surface area contributed by atoms with Gasteiger partial charge in [0.1, 0.15) is 5.82 Å². The van der Waals surface area contributed by atoms with E-state index in [1.807, 2.05) is 12.1 Å². The van der Waals surface area contributed by atoms with Crippen molar-refractivity contribution in [1.29, 1.82) is 0 Å². The van der Waals surface area contributed by atoms with Crippen molar-refractivity contribution in [3.8, 4) is 0 Å². The van der Waals surface area contributed by atoms with Crippen LogP contribution < -0.4 is 9.80 Å². The molecular weight excluding hydrogens is 331 g/mol. The minimum atomic E-state index is -0.170. The van der Waals surface area contributed by atoms with E-state index < -0.39 is 0 Å². The lowest BCUT2D eigenvalue weighted by molar-refractivity contribution is 0.623. The molecule has 0 aromatic heterocycles. The molecule has 0 spiro atoms. The van der Waals surface area contributed by atoms with E-state index in [0.29, 0.717) is 5.33 Å². The van der Waals surface area contributed by atoms with Gasteiger partial charge in [-0.25, -0.2) is 4.39 Å². The molecule has 0 radical (unpaired) electrons. The fourth-order valence-electron chi connectivity index (χ4n) is 2.81. The van der Waals surface area contributed by atoms with Gasteiger partial charge in [0, 0.05) is 42.9 Å². The number of rotatable bonds is 3. The smallest absolute Gasteiger partial charge is 0.123 e. The molecule has 1 aliphatic heterocycles. The van der Waals surface area contributed by atoms with E-state index in [-0.39, 0.29) is 5.82 Å². The van der Waals surface area contributed by atoms with Gasteiger partial charge in [0.15, 0.2) is 0 Å². The minimum absolute atomic E-state index is 0.170. The second-order valence-corrected chi connectivity index (χ2v) is 5.78. The second kappa shape index (κ2) is 6.48. The van der Waals surface area contributed by atoms with Gasteiger partial charge < -0.3 is 9.80 Å². The number of para-hydroxylation sites is 1. The van der Waals surface area contributed by atoms with Gasteiger partial charge in [-0.15, -0.1) is 0 Å². The van der Waals surface area contributed by atoms with E-state index in [1.165, 1.54) is 5.69 Å². The summed E-state index contributed by atoms with van der Waals surface area (Å²) in [5.74, 6) is -0.170. The zero-order valence-corrected chi connectivity index (χ0v) is 13.4. The monoisotopic (exact) mass is 348 g/mol. The van der Waals surface area contributed by atoms with Crippen LogP contribution in [0.4, 0.5) is 15.8 Å². The summed E-state index contributed by atoms with van der Waals surface area (Å²) in [6.07, 6.45) is 0. The summed E-state index contributed by atoms with van der Waals surface area (Å²) in [6, 6.07) is 15.5. The van der Waals surface area contributed by atoms with Crippen molar-refractivity contribution in [2.45, 2.75) is 5.33 Å². The number of halogens is 2.